The van der Waals surface area contributed by atoms with E-state index in [1.54, 1.807) is 0 Å². The molecule has 0 saturated carbocycles. The van der Waals surface area contributed by atoms with E-state index in [4.69, 9.17) is 4.74 Å². The third-order valence-corrected chi connectivity index (χ3v) is 3.99. The first kappa shape index (κ1) is 14.1. The fourth-order valence-corrected chi connectivity index (χ4v) is 2.68. The number of hydrogen-bond acceptors (Lipinski definition) is 2. The summed E-state index contributed by atoms with van der Waals surface area (Å²) in [5, 5.41) is 3.52. The second kappa shape index (κ2) is 6.27. The van der Waals surface area contributed by atoms with Crippen molar-refractivity contribution >= 4 is 0 Å². The third kappa shape index (κ3) is 3.42. The van der Waals surface area contributed by atoms with Crippen molar-refractivity contribution in [3.63, 3.8) is 0 Å². The summed E-state index contributed by atoms with van der Waals surface area (Å²) in [6, 6.07) is 13.4. The van der Waals surface area contributed by atoms with E-state index in [1.807, 2.05) is 12.1 Å². The third-order valence-electron chi connectivity index (χ3n) is 3.99. The molecule has 3 heteroatoms. The van der Waals surface area contributed by atoms with E-state index in [-0.39, 0.29) is 5.82 Å². The van der Waals surface area contributed by atoms with E-state index >= 15 is 0 Å². The normalized spacial score (nSPS) is 14.6. The van der Waals surface area contributed by atoms with Crippen LogP contribution in [0.3, 0.4) is 0 Å². The van der Waals surface area contributed by atoms with Gasteiger partial charge in [-0.05, 0) is 54.8 Å². The molecule has 1 atom stereocenters. The van der Waals surface area contributed by atoms with Crippen LogP contribution in [0.25, 0.3) is 0 Å². The fraction of sp³-hybridized carbons (Fsp3) is 0.333. The maximum atomic E-state index is 12.8. The minimum atomic E-state index is -0.180. The van der Waals surface area contributed by atoms with E-state index < -0.39 is 0 Å². The van der Waals surface area contributed by atoms with Crippen LogP contribution in [0.4, 0.5) is 4.39 Å². The van der Waals surface area contributed by atoms with Gasteiger partial charge in [-0.25, -0.2) is 4.39 Å². The molecule has 110 valence electrons. The molecule has 0 aliphatic carbocycles. The van der Waals surface area contributed by atoms with Gasteiger partial charge in [-0.15, -0.1) is 0 Å². The van der Waals surface area contributed by atoms with E-state index in [0.29, 0.717) is 6.04 Å². The van der Waals surface area contributed by atoms with Crippen LogP contribution in [-0.4, -0.2) is 13.2 Å². The Hall–Kier alpha value is -1.87. The lowest BCUT2D eigenvalue weighted by molar-refractivity contribution is 0.356. The Kier molecular flexibility index (Phi) is 4.20. The molecule has 2 nitrogen and oxygen atoms in total. The van der Waals surface area contributed by atoms with Crippen molar-refractivity contribution in [2.45, 2.75) is 25.8 Å². The maximum absolute atomic E-state index is 12.8. The van der Waals surface area contributed by atoms with Crippen LogP contribution in [0.5, 0.6) is 5.75 Å². The van der Waals surface area contributed by atoms with Crippen LogP contribution in [0.1, 0.15) is 29.7 Å². The molecule has 3 rings (SSSR count). The highest BCUT2D eigenvalue weighted by Gasteiger charge is 2.14. The predicted octanol–water partition coefficient (Wildman–Crippen LogP) is 3.65. The fourth-order valence-electron chi connectivity index (χ4n) is 2.68. The number of halogens is 1. The van der Waals surface area contributed by atoms with E-state index in [2.05, 4.69) is 30.4 Å². The van der Waals surface area contributed by atoms with Gasteiger partial charge in [0.15, 0.2) is 0 Å². The van der Waals surface area contributed by atoms with Crippen LogP contribution >= 0.6 is 0 Å². The molecule has 0 bridgehead atoms. The smallest absolute Gasteiger partial charge is 0.123 e. The van der Waals surface area contributed by atoms with E-state index in [9.17, 15) is 4.39 Å². The number of benzene rings is 2. The van der Waals surface area contributed by atoms with Gasteiger partial charge >= 0.3 is 0 Å². The number of rotatable bonds is 5. The molecule has 1 heterocycles. The zero-order valence-electron chi connectivity index (χ0n) is 12.2. The average molecular weight is 285 g/mol. The Labute approximate surface area is 125 Å². The molecular weight excluding hydrogens is 265 g/mol. The van der Waals surface area contributed by atoms with Gasteiger partial charge < -0.3 is 10.1 Å². The van der Waals surface area contributed by atoms with Gasteiger partial charge in [0.25, 0.3) is 0 Å². The molecular formula is C18H20FNO. The summed E-state index contributed by atoms with van der Waals surface area (Å²) in [7, 11) is 0. The molecule has 0 radical (unpaired) electrons. The van der Waals surface area contributed by atoms with Gasteiger partial charge in [-0.1, -0.05) is 24.3 Å². The average Bonchev–Trinajstić information content (AvgIpc) is 2.96. The van der Waals surface area contributed by atoms with Crippen molar-refractivity contribution < 1.29 is 9.13 Å². The molecule has 0 saturated heterocycles. The molecule has 2 aromatic carbocycles. The summed E-state index contributed by atoms with van der Waals surface area (Å²) in [6.45, 7) is 3.84. The number of hydrogen-bond donors (Lipinski definition) is 1. The highest BCUT2D eigenvalue weighted by molar-refractivity contribution is 5.40. The Bertz CT molecular complexity index is 609. The molecule has 1 aliphatic rings. The Balaban J connectivity index is 1.54. The largest absolute Gasteiger partial charge is 0.493 e. The summed E-state index contributed by atoms with van der Waals surface area (Å²) in [6.07, 6.45) is 1.91. The summed E-state index contributed by atoms with van der Waals surface area (Å²) >= 11 is 0. The van der Waals surface area contributed by atoms with Crippen molar-refractivity contribution in [3.05, 3.63) is 65.0 Å². The summed E-state index contributed by atoms with van der Waals surface area (Å²) in [5.41, 5.74) is 3.75. The quantitative estimate of drug-likeness (QED) is 0.905. The lowest BCUT2D eigenvalue weighted by Crippen LogP contribution is -2.21. The van der Waals surface area contributed by atoms with Crippen LogP contribution in [0.2, 0.25) is 0 Å². The molecule has 0 aromatic heterocycles. The molecule has 1 N–H and O–H groups in total. The van der Waals surface area contributed by atoms with E-state index in [0.717, 1.165) is 37.3 Å². The van der Waals surface area contributed by atoms with Gasteiger partial charge in [0, 0.05) is 12.5 Å². The molecule has 1 unspecified atom stereocenters. The topological polar surface area (TPSA) is 21.3 Å². The number of fused-ring (bicyclic) bond motifs is 1. The van der Waals surface area contributed by atoms with Gasteiger partial charge in [0.05, 0.1) is 6.61 Å². The van der Waals surface area contributed by atoms with Crippen LogP contribution in [0, 0.1) is 5.82 Å². The molecule has 2 aromatic rings. The first-order chi connectivity index (χ1) is 10.2. The summed E-state index contributed by atoms with van der Waals surface area (Å²) in [4.78, 5) is 0. The van der Waals surface area contributed by atoms with Gasteiger partial charge in [-0.2, -0.15) is 0 Å². The van der Waals surface area contributed by atoms with Gasteiger partial charge in [0.2, 0.25) is 0 Å². The molecule has 0 amide bonds. The molecule has 0 spiro atoms. The predicted molar refractivity (Wildman–Crippen MR) is 82.2 cm³/mol. The van der Waals surface area contributed by atoms with Crippen LogP contribution in [-0.2, 0) is 12.8 Å². The van der Waals surface area contributed by atoms with Gasteiger partial charge in [-0.3, -0.25) is 0 Å². The molecule has 0 fully saturated rings. The SMILES string of the molecule is CC(NCCc1ccc(F)cc1)c1ccc2c(c1)CCO2. The van der Waals surface area contributed by atoms with E-state index in [1.165, 1.54) is 23.3 Å². The lowest BCUT2D eigenvalue weighted by atomic mass is 10.0. The van der Waals surface area contributed by atoms with Crippen LogP contribution < -0.4 is 10.1 Å². The Morgan fingerprint density at radius 1 is 1.19 bits per heavy atom. The Morgan fingerprint density at radius 2 is 2.00 bits per heavy atom. The second-order valence-corrected chi connectivity index (χ2v) is 5.52. The Morgan fingerprint density at radius 3 is 2.81 bits per heavy atom. The van der Waals surface area contributed by atoms with Crippen molar-refractivity contribution in [1.82, 2.24) is 5.32 Å². The van der Waals surface area contributed by atoms with Crippen LogP contribution in [0.15, 0.2) is 42.5 Å². The first-order valence-electron chi connectivity index (χ1n) is 7.46. The highest BCUT2D eigenvalue weighted by atomic mass is 19.1. The van der Waals surface area contributed by atoms with Crippen molar-refractivity contribution in [3.8, 4) is 5.75 Å². The van der Waals surface area contributed by atoms with Crippen molar-refractivity contribution in [2.24, 2.45) is 0 Å². The number of nitrogens with one attached hydrogen (secondary N) is 1. The maximum Gasteiger partial charge on any atom is 0.123 e. The summed E-state index contributed by atoms with van der Waals surface area (Å²) in [5.74, 6) is 0.845. The lowest BCUT2D eigenvalue weighted by Gasteiger charge is -2.15. The number of ether oxygens (including phenoxy) is 1. The van der Waals surface area contributed by atoms with Gasteiger partial charge in [0.1, 0.15) is 11.6 Å². The zero-order valence-corrected chi connectivity index (χ0v) is 12.2. The monoisotopic (exact) mass is 285 g/mol. The minimum Gasteiger partial charge on any atom is -0.493 e. The first-order valence-corrected chi connectivity index (χ1v) is 7.46. The standard InChI is InChI=1S/C18H20FNO/c1-13(15-4-7-18-16(12-15)9-11-21-18)20-10-8-14-2-5-17(19)6-3-14/h2-7,12-13,20H,8-11H2,1H3. The van der Waals surface area contributed by atoms with Crippen molar-refractivity contribution in [1.29, 1.82) is 0 Å². The summed E-state index contributed by atoms with van der Waals surface area (Å²) < 4.78 is 18.4. The molecule has 1 aliphatic heterocycles. The molecule has 21 heavy (non-hydrogen) atoms. The zero-order chi connectivity index (χ0) is 14.7. The second-order valence-electron chi connectivity index (χ2n) is 5.52. The minimum absolute atomic E-state index is 0.180. The van der Waals surface area contributed by atoms with Crippen molar-refractivity contribution in [2.75, 3.05) is 13.2 Å². The highest BCUT2D eigenvalue weighted by Crippen LogP contribution is 2.28.